The van der Waals surface area contributed by atoms with E-state index in [9.17, 15) is 13.2 Å². The lowest BCUT2D eigenvalue weighted by molar-refractivity contribution is -0.113. The predicted molar refractivity (Wildman–Crippen MR) is 82.5 cm³/mol. The molecule has 0 saturated carbocycles. The summed E-state index contributed by atoms with van der Waals surface area (Å²) < 4.78 is 29.4. The van der Waals surface area contributed by atoms with Crippen molar-refractivity contribution >= 4 is 33.4 Å². The summed E-state index contributed by atoms with van der Waals surface area (Å²) in [5.41, 5.74) is 0.288. The van der Waals surface area contributed by atoms with Gasteiger partial charge in [-0.05, 0) is 28.6 Å². The minimum atomic E-state index is -3.97. The smallest absolute Gasteiger partial charge is 0.241 e. The number of primary sulfonamides is 1. The molecule has 2 rings (SSSR count). The molecule has 0 aliphatic rings. The monoisotopic (exact) mass is 358 g/mol. The number of benzene rings is 1. The SMILES string of the molecule is COc1ccc(NC(=O)CSc2nnnn2C)cc1S(N)(=O)=O. The van der Waals surface area contributed by atoms with Crippen LogP contribution >= 0.6 is 11.8 Å². The molecule has 0 saturated heterocycles. The van der Waals surface area contributed by atoms with Gasteiger partial charge in [0.15, 0.2) is 0 Å². The summed E-state index contributed by atoms with van der Waals surface area (Å²) in [6.07, 6.45) is 0. The first kappa shape index (κ1) is 17.2. The molecule has 12 heteroatoms. The summed E-state index contributed by atoms with van der Waals surface area (Å²) >= 11 is 1.15. The molecule has 10 nitrogen and oxygen atoms in total. The molecule has 0 aliphatic carbocycles. The lowest BCUT2D eigenvalue weighted by atomic mass is 10.3. The average Bonchev–Trinajstić information content (AvgIpc) is 2.89. The Bertz CT molecular complexity index is 820. The maximum absolute atomic E-state index is 11.9. The number of ether oxygens (including phenoxy) is 1. The van der Waals surface area contributed by atoms with E-state index in [2.05, 4.69) is 20.8 Å². The summed E-state index contributed by atoms with van der Waals surface area (Å²) in [6.45, 7) is 0. The van der Waals surface area contributed by atoms with Crippen LogP contribution in [-0.2, 0) is 21.9 Å². The van der Waals surface area contributed by atoms with E-state index in [0.29, 0.717) is 5.16 Å². The quantitative estimate of drug-likeness (QED) is 0.664. The highest BCUT2D eigenvalue weighted by atomic mass is 32.2. The van der Waals surface area contributed by atoms with Crippen molar-refractivity contribution in [1.29, 1.82) is 0 Å². The van der Waals surface area contributed by atoms with Crippen molar-refractivity contribution in [3.63, 3.8) is 0 Å². The third-order valence-electron chi connectivity index (χ3n) is 2.67. The van der Waals surface area contributed by atoms with Crippen molar-refractivity contribution in [2.75, 3.05) is 18.2 Å². The Labute approximate surface area is 136 Å². The molecule has 0 atom stereocenters. The number of hydrogen-bond acceptors (Lipinski definition) is 8. The van der Waals surface area contributed by atoms with Crippen molar-refractivity contribution in [2.45, 2.75) is 10.1 Å². The number of thioether (sulfide) groups is 1. The molecule has 0 aliphatic heterocycles. The highest BCUT2D eigenvalue weighted by Gasteiger charge is 2.16. The Hall–Kier alpha value is -2.18. The van der Waals surface area contributed by atoms with Gasteiger partial charge in [-0.3, -0.25) is 4.79 Å². The van der Waals surface area contributed by atoms with Gasteiger partial charge in [0.2, 0.25) is 21.1 Å². The second-order valence-corrected chi connectivity index (χ2v) is 6.80. The van der Waals surface area contributed by atoms with E-state index < -0.39 is 10.0 Å². The fourth-order valence-electron chi connectivity index (χ4n) is 1.65. The van der Waals surface area contributed by atoms with Crippen LogP contribution in [0.3, 0.4) is 0 Å². The second kappa shape index (κ2) is 6.93. The first-order valence-electron chi connectivity index (χ1n) is 6.17. The van der Waals surface area contributed by atoms with E-state index in [1.807, 2.05) is 0 Å². The van der Waals surface area contributed by atoms with Gasteiger partial charge < -0.3 is 10.1 Å². The van der Waals surface area contributed by atoms with E-state index >= 15 is 0 Å². The number of rotatable bonds is 6. The number of carbonyl (C=O) groups excluding carboxylic acids is 1. The summed E-state index contributed by atoms with van der Waals surface area (Å²) in [5, 5.41) is 19.0. The molecule has 0 fully saturated rings. The van der Waals surface area contributed by atoms with E-state index in [0.717, 1.165) is 11.8 Å². The normalized spacial score (nSPS) is 11.3. The zero-order valence-electron chi connectivity index (χ0n) is 12.3. The number of nitrogens with zero attached hydrogens (tertiary/aromatic N) is 4. The number of amides is 1. The van der Waals surface area contributed by atoms with Crippen LogP contribution in [0.4, 0.5) is 5.69 Å². The van der Waals surface area contributed by atoms with Crippen LogP contribution in [0.2, 0.25) is 0 Å². The number of methoxy groups -OCH3 is 1. The third kappa shape index (κ3) is 4.40. The number of carbonyl (C=O) groups is 1. The van der Waals surface area contributed by atoms with Gasteiger partial charge in [0, 0.05) is 12.7 Å². The molecule has 3 N–H and O–H groups in total. The highest BCUT2D eigenvalue weighted by molar-refractivity contribution is 7.99. The molecule has 23 heavy (non-hydrogen) atoms. The Morgan fingerprint density at radius 3 is 2.78 bits per heavy atom. The van der Waals surface area contributed by atoms with Gasteiger partial charge in [-0.2, -0.15) is 0 Å². The standard InChI is InChI=1S/C11H14N6O4S2/c1-17-11(14-15-16-17)22-6-10(18)13-7-3-4-8(21-2)9(5-7)23(12,19)20/h3-5H,6H2,1-2H3,(H,13,18)(H2,12,19,20). The Morgan fingerprint density at radius 2 is 2.22 bits per heavy atom. The summed E-state index contributed by atoms with van der Waals surface area (Å²) in [4.78, 5) is 11.7. The summed E-state index contributed by atoms with van der Waals surface area (Å²) in [7, 11) is -0.987. The van der Waals surface area contributed by atoms with Crippen LogP contribution in [0.15, 0.2) is 28.3 Å². The van der Waals surface area contributed by atoms with Crippen molar-refractivity contribution in [1.82, 2.24) is 20.2 Å². The summed E-state index contributed by atoms with van der Waals surface area (Å²) in [6, 6.07) is 4.16. The Kier molecular flexibility index (Phi) is 5.18. The second-order valence-electron chi connectivity index (χ2n) is 4.33. The van der Waals surface area contributed by atoms with Crippen LogP contribution in [-0.4, -0.2) is 47.4 Å². The molecule has 0 spiro atoms. The Balaban J connectivity index is 2.08. The van der Waals surface area contributed by atoms with Gasteiger partial charge in [-0.1, -0.05) is 11.8 Å². The van der Waals surface area contributed by atoms with Crippen LogP contribution in [0.1, 0.15) is 0 Å². The minimum absolute atomic E-state index is 0.0605. The number of anilines is 1. The molecule has 1 aromatic heterocycles. The number of aromatic nitrogens is 4. The van der Waals surface area contributed by atoms with Crippen LogP contribution in [0.25, 0.3) is 0 Å². The van der Waals surface area contributed by atoms with Gasteiger partial charge >= 0.3 is 0 Å². The average molecular weight is 358 g/mol. The molecule has 0 radical (unpaired) electrons. The molecule has 1 aromatic carbocycles. The maximum Gasteiger partial charge on any atom is 0.241 e. The molecular formula is C11H14N6O4S2. The first-order valence-corrected chi connectivity index (χ1v) is 8.70. The number of hydrogen-bond donors (Lipinski definition) is 2. The zero-order valence-corrected chi connectivity index (χ0v) is 13.9. The summed E-state index contributed by atoms with van der Waals surface area (Å²) in [5.74, 6) is -0.182. The number of tetrazole rings is 1. The number of aryl methyl sites for hydroxylation is 1. The Morgan fingerprint density at radius 1 is 1.48 bits per heavy atom. The van der Waals surface area contributed by atoms with Crippen molar-refractivity contribution < 1.29 is 17.9 Å². The largest absolute Gasteiger partial charge is 0.495 e. The van der Waals surface area contributed by atoms with Crippen molar-refractivity contribution in [2.24, 2.45) is 12.2 Å². The number of nitrogens with one attached hydrogen (secondary N) is 1. The number of sulfonamides is 1. The lowest BCUT2D eigenvalue weighted by Gasteiger charge is -2.10. The molecule has 0 bridgehead atoms. The molecule has 1 heterocycles. The fraction of sp³-hybridized carbons (Fsp3) is 0.273. The van der Waals surface area contributed by atoms with Gasteiger partial charge in [0.25, 0.3) is 0 Å². The van der Waals surface area contributed by atoms with Crippen LogP contribution in [0.5, 0.6) is 5.75 Å². The maximum atomic E-state index is 11.9. The van der Waals surface area contributed by atoms with E-state index in [-0.39, 0.29) is 28.0 Å². The molecule has 2 aromatic rings. The fourth-order valence-corrected chi connectivity index (χ4v) is 3.02. The van der Waals surface area contributed by atoms with Gasteiger partial charge in [0.1, 0.15) is 10.6 Å². The first-order chi connectivity index (χ1) is 10.8. The highest BCUT2D eigenvalue weighted by Crippen LogP contribution is 2.26. The van der Waals surface area contributed by atoms with E-state index in [4.69, 9.17) is 9.88 Å². The van der Waals surface area contributed by atoms with Crippen LogP contribution in [0, 0.1) is 0 Å². The van der Waals surface area contributed by atoms with Gasteiger partial charge in [-0.15, -0.1) is 5.10 Å². The van der Waals surface area contributed by atoms with Gasteiger partial charge in [0.05, 0.1) is 12.9 Å². The predicted octanol–water partition coefficient (Wildman–Crippen LogP) is -0.403. The van der Waals surface area contributed by atoms with E-state index in [1.165, 1.54) is 30.0 Å². The molecule has 1 amide bonds. The zero-order chi connectivity index (χ0) is 17.0. The van der Waals surface area contributed by atoms with Gasteiger partial charge in [-0.25, -0.2) is 18.2 Å². The molecule has 0 unspecified atom stereocenters. The topological polar surface area (TPSA) is 142 Å². The molecular weight excluding hydrogens is 344 g/mol. The minimum Gasteiger partial charge on any atom is -0.495 e. The number of nitrogens with two attached hydrogens (primary N) is 1. The molecule has 124 valence electrons. The lowest BCUT2D eigenvalue weighted by Crippen LogP contribution is -2.17. The van der Waals surface area contributed by atoms with Crippen molar-refractivity contribution in [3.8, 4) is 5.75 Å². The van der Waals surface area contributed by atoms with Crippen LogP contribution < -0.4 is 15.2 Å². The van der Waals surface area contributed by atoms with Crippen molar-refractivity contribution in [3.05, 3.63) is 18.2 Å². The third-order valence-corrected chi connectivity index (χ3v) is 4.61. The van der Waals surface area contributed by atoms with E-state index in [1.54, 1.807) is 7.05 Å².